The number of amides is 1. The van der Waals surface area contributed by atoms with Crippen molar-refractivity contribution in [2.45, 2.75) is 6.42 Å². The molecule has 0 aliphatic rings. The number of rotatable bonds is 6. The van der Waals surface area contributed by atoms with Gasteiger partial charge in [-0.3, -0.25) is 4.79 Å². The highest BCUT2D eigenvalue weighted by Crippen LogP contribution is 2.43. The first-order valence-corrected chi connectivity index (χ1v) is 7.35. The van der Waals surface area contributed by atoms with Gasteiger partial charge in [-0.25, -0.2) is 0 Å². The Hall–Kier alpha value is -2.89. The number of phenols is 1. The van der Waals surface area contributed by atoms with E-state index in [1.165, 1.54) is 26.2 Å². The molecule has 0 aliphatic carbocycles. The highest BCUT2D eigenvalue weighted by atomic mass is 16.5. The Morgan fingerprint density at radius 2 is 1.58 bits per heavy atom. The van der Waals surface area contributed by atoms with Crippen molar-refractivity contribution in [2.24, 2.45) is 0 Å². The van der Waals surface area contributed by atoms with E-state index >= 15 is 0 Å². The van der Waals surface area contributed by atoms with Crippen molar-refractivity contribution >= 4 is 11.6 Å². The van der Waals surface area contributed by atoms with Crippen LogP contribution in [0.5, 0.6) is 23.0 Å². The van der Waals surface area contributed by atoms with Crippen LogP contribution in [-0.4, -0.2) is 39.4 Å². The molecule has 0 bridgehead atoms. The molecule has 2 aromatic carbocycles. The van der Waals surface area contributed by atoms with Crippen molar-refractivity contribution < 1.29 is 24.1 Å². The smallest absolute Gasteiger partial charge is 0.231 e. The zero-order chi connectivity index (χ0) is 17.7. The number of ether oxygens (including phenoxy) is 3. The van der Waals surface area contributed by atoms with Gasteiger partial charge < -0.3 is 24.2 Å². The summed E-state index contributed by atoms with van der Waals surface area (Å²) in [7, 11) is 6.24. The van der Waals surface area contributed by atoms with Crippen LogP contribution in [0.25, 0.3) is 0 Å². The van der Waals surface area contributed by atoms with Crippen LogP contribution in [0.3, 0.4) is 0 Å². The Labute approximate surface area is 141 Å². The average molecular weight is 331 g/mol. The molecule has 1 N–H and O–H groups in total. The first-order chi connectivity index (χ1) is 11.5. The van der Waals surface area contributed by atoms with Crippen LogP contribution in [0, 0.1) is 0 Å². The molecule has 0 heterocycles. The van der Waals surface area contributed by atoms with Crippen LogP contribution >= 0.6 is 0 Å². The molecule has 24 heavy (non-hydrogen) atoms. The minimum atomic E-state index is -0.119. The lowest BCUT2D eigenvalue weighted by Gasteiger charge is -2.22. The van der Waals surface area contributed by atoms with Crippen LogP contribution < -0.4 is 19.1 Å². The van der Waals surface area contributed by atoms with Gasteiger partial charge in [-0.2, -0.15) is 0 Å². The number of hydrogen-bond donors (Lipinski definition) is 1. The predicted octanol–water partition coefficient (Wildman–Crippen LogP) is 2.62. The molecule has 0 spiro atoms. The van der Waals surface area contributed by atoms with Crippen LogP contribution in [0.1, 0.15) is 5.56 Å². The van der Waals surface area contributed by atoms with Gasteiger partial charge in [0.25, 0.3) is 0 Å². The maximum Gasteiger partial charge on any atom is 0.231 e. The first kappa shape index (κ1) is 17.5. The number of likely N-dealkylation sites (N-methyl/N-ethyl adjacent to an activating group) is 1. The maximum absolute atomic E-state index is 12.6. The second-order valence-electron chi connectivity index (χ2n) is 5.15. The van der Waals surface area contributed by atoms with Gasteiger partial charge in [0.15, 0.2) is 11.5 Å². The van der Waals surface area contributed by atoms with E-state index in [2.05, 4.69) is 0 Å². The summed E-state index contributed by atoms with van der Waals surface area (Å²) >= 11 is 0. The Bertz CT molecular complexity index is 712. The molecule has 1 amide bonds. The van der Waals surface area contributed by atoms with Gasteiger partial charge in [-0.15, -0.1) is 0 Å². The van der Waals surface area contributed by atoms with E-state index < -0.39 is 0 Å². The van der Waals surface area contributed by atoms with Gasteiger partial charge in [0.2, 0.25) is 11.7 Å². The molecule has 0 radical (unpaired) electrons. The van der Waals surface area contributed by atoms with Gasteiger partial charge in [-0.05, 0) is 29.8 Å². The van der Waals surface area contributed by atoms with Crippen molar-refractivity contribution in [2.75, 3.05) is 33.3 Å². The van der Waals surface area contributed by atoms with Gasteiger partial charge in [-0.1, -0.05) is 12.1 Å². The summed E-state index contributed by atoms with van der Waals surface area (Å²) in [5, 5.41) is 9.32. The molecule has 0 saturated carbocycles. The van der Waals surface area contributed by atoms with Crippen LogP contribution in [0.4, 0.5) is 5.69 Å². The third-order valence-corrected chi connectivity index (χ3v) is 3.71. The molecule has 2 aromatic rings. The minimum Gasteiger partial charge on any atom is -0.508 e. The highest BCUT2D eigenvalue weighted by molar-refractivity contribution is 5.96. The third kappa shape index (κ3) is 3.53. The number of aromatic hydroxyl groups is 1. The minimum absolute atomic E-state index is 0.119. The second kappa shape index (κ2) is 7.59. The number of hydrogen-bond acceptors (Lipinski definition) is 5. The Morgan fingerprint density at radius 1 is 0.958 bits per heavy atom. The molecule has 0 saturated heterocycles. The second-order valence-corrected chi connectivity index (χ2v) is 5.15. The van der Waals surface area contributed by atoms with E-state index in [1.807, 2.05) is 0 Å². The summed E-state index contributed by atoms with van der Waals surface area (Å²) in [6.07, 6.45) is 0.203. The molecule has 6 nitrogen and oxygen atoms in total. The van der Waals surface area contributed by atoms with Crippen molar-refractivity contribution in [3.63, 3.8) is 0 Å². The SMILES string of the molecule is COc1ccc(N(C)C(=O)Cc2ccc(O)cc2)c(OC)c1OC. The van der Waals surface area contributed by atoms with Crippen molar-refractivity contribution in [3.05, 3.63) is 42.0 Å². The lowest BCUT2D eigenvalue weighted by Crippen LogP contribution is -2.28. The quantitative estimate of drug-likeness (QED) is 0.881. The van der Waals surface area contributed by atoms with E-state index in [0.29, 0.717) is 22.9 Å². The molecule has 0 atom stereocenters. The summed E-state index contributed by atoms with van der Waals surface area (Å²) in [5.74, 6) is 1.44. The average Bonchev–Trinajstić information content (AvgIpc) is 2.61. The predicted molar refractivity (Wildman–Crippen MR) is 91.3 cm³/mol. The Morgan fingerprint density at radius 3 is 2.12 bits per heavy atom. The summed E-state index contributed by atoms with van der Waals surface area (Å²) in [4.78, 5) is 14.1. The number of benzene rings is 2. The van der Waals surface area contributed by atoms with Gasteiger partial charge in [0, 0.05) is 7.05 Å². The Kier molecular flexibility index (Phi) is 5.52. The number of nitrogens with zero attached hydrogens (tertiary/aromatic N) is 1. The van der Waals surface area contributed by atoms with Gasteiger partial charge in [0.1, 0.15) is 5.75 Å². The molecule has 0 aromatic heterocycles. The number of carbonyl (C=O) groups is 1. The van der Waals surface area contributed by atoms with Gasteiger partial charge >= 0.3 is 0 Å². The van der Waals surface area contributed by atoms with Crippen LogP contribution in [-0.2, 0) is 11.2 Å². The maximum atomic E-state index is 12.6. The number of phenolic OH excluding ortho intramolecular Hbond substituents is 1. The summed E-state index contributed by atoms with van der Waals surface area (Å²) in [6.45, 7) is 0. The fraction of sp³-hybridized carbons (Fsp3) is 0.278. The zero-order valence-electron chi connectivity index (χ0n) is 14.2. The standard InChI is InChI=1S/C18H21NO5/c1-19(16(21)11-12-5-7-13(20)8-6-12)14-9-10-15(22-2)18(24-4)17(14)23-3/h5-10,20H,11H2,1-4H3. The first-order valence-electron chi connectivity index (χ1n) is 7.35. The topological polar surface area (TPSA) is 68.2 Å². The molecule has 0 aliphatic heterocycles. The monoisotopic (exact) mass is 331 g/mol. The van der Waals surface area contributed by atoms with E-state index in [1.54, 1.807) is 43.4 Å². The van der Waals surface area contributed by atoms with E-state index in [4.69, 9.17) is 14.2 Å². The summed E-state index contributed by atoms with van der Waals surface area (Å²) < 4.78 is 16.0. The number of methoxy groups -OCH3 is 3. The third-order valence-electron chi connectivity index (χ3n) is 3.71. The van der Waals surface area contributed by atoms with Crippen molar-refractivity contribution in [3.8, 4) is 23.0 Å². The number of anilines is 1. The molecule has 6 heteroatoms. The molecule has 0 unspecified atom stereocenters. The fourth-order valence-corrected chi connectivity index (χ4v) is 2.39. The largest absolute Gasteiger partial charge is 0.508 e. The summed E-state index contributed by atoms with van der Waals surface area (Å²) in [6, 6.07) is 10.0. The zero-order valence-corrected chi connectivity index (χ0v) is 14.2. The van der Waals surface area contributed by atoms with Crippen LogP contribution in [0.2, 0.25) is 0 Å². The number of carbonyl (C=O) groups excluding carboxylic acids is 1. The molecule has 0 fully saturated rings. The molecule has 2 rings (SSSR count). The summed E-state index contributed by atoms with van der Waals surface area (Å²) in [5.41, 5.74) is 1.39. The fourth-order valence-electron chi connectivity index (χ4n) is 2.39. The van der Waals surface area contributed by atoms with Crippen molar-refractivity contribution in [1.82, 2.24) is 0 Å². The van der Waals surface area contributed by atoms with Crippen molar-refractivity contribution in [1.29, 1.82) is 0 Å². The lowest BCUT2D eigenvalue weighted by molar-refractivity contribution is -0.117. The Balaban J connectivity index is 2.29. The normalized spacial score (nSPS) is 10.2. The lowest BCUT2D eigenvalue weighted by atomic mass is 10.1. The highest BCUT2D eigenvalue weighted by Gasteiger charge is 2.21. The van der Waals surface area contributed by atoms with Crippen LogP contribution in [0.15, 0.2) is 36.4 Å². The van der Waals surface area contributed by atoms with E-state index in [9.17, 15) is 9.90 Å². The van der Waals surface area contributed by atoms with E-state index in [0.717, 1.165) is 5.56 Å². The molecule has 128 valence electrons. The molecular formula is C18H21NO5. The van der Waals surface area contributed by atoms with Gasteiger partial charge in [0.05, 0.1) is 33.4 Å². The van der Waals surface area contributed by atoms with E-state index in [-0.39, 0.29) is 18.1 Å². The molecular weight excluding hydrogens is 310 g/mol.